The Hall–Kier alpha value is -1.74. The molecule has 0 radical (unpaired) electrons. The molecule has 1 saturated heterocycles. The number of carbonyl (C=O) groups is 1. The quantitative estimate of drug-likeness (QED) is 0.668. The highest BCUT2D eigenvalue weighted by Gasteiger charge is 2.22. The Morgan fingerprint density at radius 3 is 2.86 bits per heavy atom. The monoisotopic (exact) mass is 435 g/mol. The predicted molar refractivity (Wildman–Crippen MR) is 117 cm³/mol. The van der Waals surface area contributed by atoms with E-state index in [-0.39, 0.29) is 23.4 Å². The van der Waals surface area contributed by atoms with E-state index in [1.807, 2.05) is 17.5 Å². The van der Waals surface area contributed by atoms with Crippen LogP contribution in [0.15, 0.2) is 46.7 Å². The fourth-order valence-corrected chi connectivity index (χ4v) is 5.35. The van der Waals surface area contributed by atoms with Crippen molar-refractivity contribution in [3.63, 3.8) is 0 Å². The van der Waals surface area contributed by atoms with Crippen LogP contribution in [0.5, 0.6) is 0 Å². The maximum absolute atomic E-state index is 12.6. The van der Waals surface area contributed by atoms with Gasteiger partial charge in [0.15, 0.2) is 0 Å². The normalized spacial score (nSPS) is 19.0. The highest BCUT2D eigenvalue weighted by Crippen LogP contribution is 2.18. The number of benzene rings is 1. The highest BCUT2D eigenvalue weighted by molar-refractivity contribution is 7.89. The van der Waals surface area contributed by atoms with Gasteiger partial charge in [0.1, 0.15) is 0 Å². The molecule has 2 atom stereocenters. The molecule has 0 saturated carbocycles. The van der Waals surface area contributed by atoms with Gasteiger partial charge in [-0.1, -0.05) is 19.1 Å². The number of nitrogens with one attached hydrogen (secondary N) is 2. The van der Waals surface area contributed by atoms with E-state index in [1.54, 1.807) is 12.1 Å². The van der Waals surface area contributed by atoms with Crippen LogP contribution in [-0.4, -0.2) is 44.9 Å². The van der Waals surface area contributed by atoms with Crippen molar-refractivity contribution in [1.82, 2.24) is 14.9 Å². The predicted octanol–water partition coefficient (Wildman–Crippen LogP) is 3.08. The Balaban J connectivity index is 1.58. The Morgan fingerprint density at radius 2 is 2.14 bits per heavy atom. The largest absolute Gasteiger partial charge is 0.350 e. The maximum Gasteiger partial charge on any atom is 0.251 e. The van der Waals surface area contributed by atoms with Crippen LogP contribution in [0, 0.1) is 5.92 Å². The lowest BCUT2D eigenvalue weighted by atomic mass is 9.99. The summed E-state index contributed by atoms with van der Waals surface area (Å²) in [6.07, 6.45) is 2.45. The van der Waals surface area contributed by atoms with E-state index in [1.165, 1.54) is 36.3 Å². The van der Waals surface area contributed by atoms with Crippen LogP contribution in [0.4, 0.5) is 0 Å². The summed E-state index contributed by atoms with van der Waals surface area (Å²) in [6, 6.07) is 10.2. The molecule has 8 heteroatoms. The molecule has 2 unspecified atom stereocenters. The maximum atomic E-state index is 12.6. The molecule has 0 bridgehead atoms. The van der Waals surface area contributed by atoms with Gasteiger partial charge in [0.2, 0.25) is 10.0 Å². The number of likely N-dealkylation sites (tertiary alicyclic amines) is 1. The molecular weight excluding hydrogens is 406 g/mol. The fraction of sp³-hybridized carbons (Fsp3) is 0.476. The SMILES string of the molecule is CC1CCCN(C(C)CNC(=O)c2cccc(S(=O)(=O)NCc3cccs3)c2)C1. The summed E-state index contributed by atoms with van der Waals surface area (Å²) in [5.74, 6) is 0.433. The van der Waals surface area contributed by atoms with E-state index in [9.17, 15) is 13.2 Å². The number of amides is 1. The fourth-order valence-electron chi connectivity index (χ4n) is 3.56. The van der Waals surface area contributed by atoms with Crippen molar-refractivity contribution in [3.05, 3.63) is 52.2 Å². The van der Waals surface area contributed by atoms with E-state index in [2.05, 4.69) is 28.8 Å². The lowest BCUT2D eigenvalue weighted by Crippen LogP contribution is -2.46. The smallest absolute Gasteiger partial charge is 0.251 e. The van der Waals surface area contributed by atoms with Crippen molar-refractivity contribution in [2.45, 2.75) is 44.2 Å². The number of carbonyl (C=O) groups excluding carboxylic acids is 1. The van der Waals surface area contributed by atoms with Crippen LogP contribution >= 0.6 is 11.3 Å². The molecule has 2 N–H and O–H groups in total. The summed E-state index contributed by atoms with van der Waals surface area (Å²) >= 11 is 1.49. The molecule has 158 valence electrons. The van der Waals surface area contributed by atoms with E-state index < -0.39 is 10.0 Å². The van der Waals surface area contributed by atoms with E-state index in [4.69, 9.17) is 0 Å². The zero-order valence-corrected chi connectivity index (χ0v) is 18.6. The molecule has 0 spiro atoms. The van der Waals surface area contributed by atoms with Crippen LogP contribution in [0.25, 0.3) is 0 Å². The number of sulfonamides is 1. The summed E-state index contributed by atoms with van der Waals surface area (Å²) in [5, 5.41) is 4.85. The van der Waals surface area contributed by atoms with Gasteiger partial charge in [-0.05, 0) is 61.9 Å². The Bertz CT molecular complexity index is 913. The number of hydrogen-bond donors (Lipinski definition) is 2. The number of thiophene rings is 1. The van der Waals surface area contributed by atoms with Crippen molar-refractivity contribution in [2.75, 3.05) is 19.6 Å². The average molecular weight is 436 g/mol. The first-order chi connectivity index (χ1) is 13.8. The molecular formula is C21H29N3O3S2. The van der Waals surface area contributed by atoms with Crippen molar-refractivity contribution in [1.29, 1.82) is 0 Å². The second-order valence-corrected chi connectivity index (χ2v) is 10.5. The molecule has 2 aromatic rings. The zero-order valence-electron chi connectivity index (χ0n) is 16.9. The standard InChI is InChI=1S/C21H29N3O3S2/c1-16-6-4-10-24(15-16)17(2)13-22-21(25)18-7-3-9-20(12-18)29(26,27)23-14-19-8-5-11-28-19/h3,5,7-9,11-12,16-17,23H,4,6,10,13-15H2,1-2H3,(H,22,25). The molecule has 1 amide bonds. The second-order valence-electron chi connectivity index (χ2n) is 7.73. The minimum Gasteiger partial charge on any atom is -0.350 e. The molecule has 2 heterocycles. The van der Waals surface area contributed by atoms with Gasteiger partial charge in [0, 0.05) is 36.1 Å². The number of piperidine rings is 1. The number of hydrogen-bond acceptors (Lipinski definition) is 5. The summed E-state index contributed by atoms with van der Waals surface area (Å²) < 4.78 is 27.7. The van der Waals surface area contributed by atoms with E-state index in [0.717, 1.165) is 18.0 Å². The number of nitrogens with zero attached hydrogens (tertiary/aromatic N) is 1. The Kier molecular flexibility index (Phi) is 7.45. The van der Waals surface area contributed by atoms with Gasteiger partial charge in [-0.15, -0.1) is 11.3 Å². The van der Waals surface area contributed by atoms with Crippen LogP contribution in [0.3, 0.4) is 0 Å². The molecule has 0 aliphatic carbocycles. The van der Waals surface area contributed by atoms with Gasteiger partial charge in [-0.2, -0.15) is 0 Å². The molecule has 1 aromatic heterocycles. The Morgan fingerprint density at radius 1 is 1.31 bits per heavy atom. The molecule has 29 heavy (non-hydrogen) atoms. The summed E-state index contributed by atoms with van der Waals surface area (Å²) in [4.78, 5) is 16.0. The topological polar surface area (TPSA) is 78.5 Å². The van der Waals surface area contributed by atoms with Crippen molar-refractivity contribution in [2.24, 2.45) is 5.92 Å². The first-order valence-electron chi connectivity index (χ1n) is 9.99. The van der Waals surface area contributed by atoms with Crippen LogP contribution in [0.1, 0.15) is 41.9 Å². The Labute approximate surface area is 177 Å². The third-order valence-electron chi connectivity index (χ3n) is 5.29. The molecule has 1 aliphatic rings. The zero-order chi connectivity index (χ0) is 20.9. The van der Waals surface area contributed by atoms with Gasteiger partial charge in [-0.25, -0.2) is 13.1 Å². The van der Waals surface area contributed by atoms with Crippen molar-refractivity contribution >= 4 is 27.3 Å². The minimum absolute atomic E-state index is 0.0969. The molecule has 6 nitrogen and oxygen atoms in total. The van der Waals surface area contributed by atoms with Gasteiger partial charge < -0.3 is 5.32 Å². The molecule has 1 aromatic carbocycles. The third-order valence-corrected chi connectivity index (χ3v) is 7.57. The van der Waals surface area contributed by atoms with Gasteiger partial charge in [0.25, 0.3) is 5.91 Å². The van der Waals surface area contributed by atoms with E-state index >= 15 is 0 Å². The lowest BCUT2D eigenvalue weighted by molar-refractivity contribution is 0.0917. The van der Waals surface area contributed by atoms with Gasteiger partial charge in [0.05, 0.1) is 4.90 Å². The molecule has 1 fully saturated rings. The van der Waals surface area contributed by atoms with Crippen LogP contribution < -0.4 is 10.0 Å². The number of rotatable bonds is 8. The second kappa shape index (κ2) is 9.84. The highest BCUT2D eigenvalue weighted by atomic mass is 32.2. The summed E-state index contributed by atoms with van der Waals surface area (Å²) in [6.45, 7) is 7.27. The van der Waals surface area contributed by atoms with E-state index in [0.29, 0.717) is 18.0 Å². The first kappa shape index (κ1) is 22.0. The van der Waals surface area contributed by atoms with Gasteiger partial charge >= 0.3 is 0 Å². The average Bonchev–Trinajstić information content (AvgIpc) is 3.24. The summed E-state index contributed by atoms with van der Waals surface area (Å²) in [7, 11) is -3.68. The van der Waals surface area contributed by atoms with Crippen LogP contribution in [0.2, 0.25) is 0 Å². The first-order valence-corrected chi connectivity index (χ1v) is 12.4. The lowest BCUT2D eigenvalue weighted by Gasteiger charge is -2.35. The van der Waals surface area contributed by atoms with Crippen LogP contribution in [-0.2, 0) is 16.6 Å². The van der Waals surface area contributed by atoms with Crippen molar-refractivity contribution in [3.8, 4) is 0 Å². The third kappa shape index (κ3) is 6.12. The van der Waals surface area contributed by atoms with Crippen molar-refractivity contribution < 1.29 is 13.2 Å². The summed E-state index contributed by atoms with van der Waals surface area (Å²) in [5.41, 5.74) is 0.350. The minimum atomic E-state index is -3.68. The van der Waals surface area contributed by atoms with Gasteiger partial charge in [-0.3, -0.25) is 9.69 Å². The molecule has 3 rings (SSSR count). The molecule has 1 aliphatic heterocycles.